The Labute approximate surface area is 79.5 Å². The first-order chi connectivity index (χ1) is 5.99. The van der Waals surface area contributed by atoms with E-state index in [1.165, 1.54) is 0 Å². The summed E-state index contributed by atoms with van der Waals surface area (Å²) in [7, 11) is 3.90. The van der Waals surface area contributed by atoms with E-state index in [2.05, 4.69) is 5.32 Å². The number of amides is 1. The molecule has 2 unspecified atom stereocenters. The number of hydrogen-bond donors (Lipinski definition) is 1. The standard InChI is InChI=1S/C9H17N3O/c1-7(5-10)9(13)11-6-8(2)12(3)4/h7-8H,6H2,1-4H3,(H,11,13). The fourth-order valence-electron chi connectivity index (χ4n) is 0.643. The molecule has 0 aromatic rings. The molecule has 1 N–H and O–H groups in total. The number of hydrogen-bond acceptors (Lipinski definition) is 3. The fourth-order valence-corrected chi connectivity index (χ4v) is 0.643. The number of nitrogens with zero attached hydrogens (tertiary/aromatic N) is 2. The lowest BCUT2D eigenvalue weighted by molar-refractivity contribution is -0.123. The molecule has 0 aromatic heterocycles. The molecule has 0 aromatic carbocycles. The predicted molar refractivity (Wildman–Crippen MR) is 50.9 cm³/mol. The van der Waals surface area contributed by atoms with E-state index in [1.54, 1.807) is 6.92 Å². The first kappa shape index (κ1) is 11.9. The van der Waals surface area contributed by atoms with Crippen molar-refractivity contribution in [1.82, 2.24) is 10.2 Å². The number of nitrogens with one attached hydrogen (secondary N) is 1. The Bertz CT molecular complexity index is 207. The van der Waals surface area contributed by atoms with Crippen molar-refractivity contribution in [2.75, 3.05) is 20.6 Å². The van der Waals surface area contributed by atoms with E-state index in [0.717, 1.165) is 0 Å². The highest BCUT2D eigenvalue weighted by Gasteiger charge is 2.12. The zero-order chi connectivity index (χ0) is 10.4. The minimum atomic E-state index is -0.561. The van der Waals surface area contributed by atoms with Gasteiger partial charge in [-0.1, -0.05) is 0 Å². The number of nitriles is 1. The maximum absolute atomic E-state index is 11.1. The molecule has 0 heterocycles. The van der Waals surface area contributed by atoms with Gasteiger partial charge in [0.2, 0.25) is 5.91 Å². The summed E-state index contributed by atoms with van der Waals surface area (Å²) in [6.45, 7) is 4.19. The Hall–Kier alpha value is -1.08. The molecule has 1 amide bonds. The van der Waals surface area contributed by atoms with Crippen LogP contribution in [0.1, 0.15) is 13.8 Å². The van der Waals surface area contributed by atoms with E-state index in [-0.39, 0.29) is 11.9 Å². The zero-order valence-corrected chi connectivity index (χ0v) is 8.66. The van der Waals surface area contributed by atoms with Crippen LogP contribution in [0.3, 0.4) is 0 Å². The van der Waals surface area contributed by atoms with Gasteiger partial charge in [0.1, 0.15) is 5.92 Å². The average Bonchev–Trinajstić information content (AvgIpc) is 2.11. The summed E-state index contributed by atoms with van der Waals surface area (Å²) >= 11 is 0. The lowest BCUT2D eigenvalue weighted by Gasteiger charge is -2.20. The molecule has 2 atom stereocenters. The van der Waals surface area contributed by atoms with Crippen LogP contribution >= 0.6 is 0 Å². The van der Waals surface area contributed by atoms with Crippen LogP contribution in [0.2, 0.25) is 0 Å². The summed E-state index contributed by atoms with van der Waals surface area (Å²) in [4.78, 5) is 13.2. The van der Waals surface area contributed by atoms with Crippen molar-refractivity contribution in [3.63, 3.8) is 0 Å². The molecule has 4 nitrogen and oxygen atoms in total. The molecule has 0 saturated carbocycles. The molecule has 0 bridgehead atoms. The van der Waals surface area contributed by atoms with E-state index in [1.807, 2.05) is 32.0 Å². The van der Waals surface area contributed by atoms with Gasteiger partial charge in [-0.25, -0.2) is 0 Å². The minimum Gasteiger partial charge on any atom is -0.353 e. The Morgan fingerprint density at radius 1 is 1.54 bits per heavy atom. The molecule has 0 spiro atoms. The average molecular weight is 183 g/mol. The maximum Gasteiger partial charge on any atom is 0.237 e. The SMILES string of the molecule is CC(C#N)C(=O)NCC(C)N(C)C. The van der Waals surface area contributed by atoms with Crippen LogP contribution in [0.25, 0.3) is 0 Å². The zero-order valence-electron chi connectivity index (χ0n) is 8.66. The van der Waals surface area contributed by atoms with Crippen LogP contribution < -0.4 is 5.32 Å². The van der Waals surface area contributed by atoms with E-state index in [4.69, 9.17) is 5.26 Å². The smallest absolute Gasteiger partial charge is 0.237 e. The van der Waals surface area contributed by atoms with Crippen molar-refractivity contribution in [2.45, 2.75) is 19.9 Å². The maximum atomic E-state index is 11.1. The summed E-state index contributed by atoms with van der Waals surface area (Å²) in [5, 5.41) is 11.2. The van der Waals surface area contributed by atoms with Crippen LogP contribution in [0.5, 0.6) is 0 Å². The monoisotopic (exact) mass is 183 g/mol. The van der Waals surface area contributed by atoms with Gasteiger partial charge in [-0.3, -0.25) is 4.79 Å². The van der Waals surface area contributed by atoms with Crippen LogP contribution in [0.15, 0.2) is 0 Å². The number of carbonyl (C=O) groups excluding carboxylic acids is 1. The highest BCUT2D eigenvalue weighted by atomic mass is 16.1. The molecule has 4 heteroatoms. The number of rotatable bonds is 4. The summed E-state index contributed by atoms with van der Waals surface area (Å²) in [5.41, 5.74) is 0. The van der Waals surface area contributed by atoms with Gasteiger partial charge in [0.25, 0.3) is 0 Å². The summed E-state index contributed by atoms with van der Waals surface area (Å²) in [5.74, 6) is -0.759. The van der Waals surface area contributed by atoms with Gasteiger partial charge in [-0.15, -0.1) is 0 Å². The second-order valence-corrected chi connectivity index (χ2v) is 3.41. The third-order valence-corrected chi connectivity index (χ3v) is 2.04. The quantitative estimate of drug-likeness (QED) is 0.678. The summed E-state index contributed by atoms with van der Waals surface area (Å²) in [6.07, 6.45) is 0. The van der Waals surface area contributed by atoms with Crippen molar-refractivity contribution in [1.29, 1.82) is 5.26 Å². The van der Waals surface area contributed by atoms with Gasteiger partial charge >= 0.3 is 0 Å². The predicted octanol–water partition coefficient (Wildman–Crippen LogP) is 0.212. The first-order valence-electron chi connectivity index (χ1n) is 4.32. The van der Waals surface area contributed by atoms with Crippen molar-refractivity contribution in [2.24, 2.45) is 5.92 Å². The number of likely N-dealkylation sites (N-methyl/N-ethyl adjacent to an activating group) is 1. The third-order valence-electron chi connectivity index (χ3n) is 2.04. The van der Waals surface area contributed by atoms with Gasteiger partial charge in [-0.05, 0) is 27.9 Å². The first-order valence-corrected chi connectivity index (χ1v) is 4.32. The Balaban J connectivity index is 3.78. The van der Waals surface area contributed by atoms with E-state index < -0.39 is 5.92 Å². The lowest BCUT2D eigenvalue weighted by Crippen LogP contribution is -2.39. The summed E-state index contributed by atoms with van der Waals surface area (Å²) in [6, 6.07) is 2.18. The molecule has 0 aliphatic carbocycles. The topological polar surface area (TPSA) is 56.1 Å². The molecule has 0 aliphatic heterocycles. The molecule has 0 rings (SSSR count). The molecular weight excluding hydrogens is 166 g/mol. The Morgan fingerprint density at radius 3 is 2.46 bits per heavy atom. The van der Waals surface area contributed by atoms with Crippen LogP contribution in [0, 0.1) is 17.2 Å². The fraction of sp³-hybridized carbons (Fsp3) is 0.778. The van der Waals surface area contributed by atoms with Gasteiger partial charge < -0.3 is 10.2 Å². The molecule has 0 aliphatic rings. The van der Waals surface area contributed by atoms with Crippen LogP contribution in [-0.2, 0) is 4.79 Å². The van der Waals surface area contributed by atoms with Gasteiger partial charge in [-0.2, -0.15) is 5.26 Å². The van der Waals surface area contributed by atoms with Crippen molar-refractivity contribution >= 4 is 5.91 Å². The summed E-state index contributed by atoms with van der Waals surface area (Å²) < 4.78 is 0. The van der Waals surface area contributed by atoms with Gasteiger partial charge in [0.15, 0.2) is 0 Å². The van der Waals surface area contributed by atoms with Gasteiger partial charge in [0, 0.05) is 12.6 Å². The van der Waals surface area contributed by atoms with E-state index >= 15 is 0 Å². The molecular formula is C9H17N3O. The van der Waals surface area contributed by atoms with E-state index in [9.17, 15) is 4.79 Å². The third kappa shape index (κ3) is 4.48. The number of carbonyl (C=O) groups is 1. The molecule has 0 saturated heterocycles. The largest absolute Gasteiger partial charge is 0.353 e. The molecule has 13 heavy (non-hydrogen) atoms. The van der Waals surface area contributed by atoms with Gasteiger partial charge in [0.05, 0.1) is 6.07 Å². The van der Waals surface area contributed by atoms with Crippen molar-refractivity contribution < 1.29 is 4.79 Å². The Kier molecular flexibility index (Phi) is 5.09. The minimum absolute atomic E-state index is 0.198. The Morgan fingerprint density at radius 2 is 2.08 bits per heavy atom. The van der Waals surface area contributed by atoms with Crippen molar-refractivity contribution in [3.8, 4) is 6.07 Å². The molecule has 74 valence electrons. The normalized spacial score (nSPS) is 14.8. The van der Waals surface area contributed by atoms with Crippen LogP contribution in [-0.4, -0.2) is 37.5 Å². The second-order valence-electron chi connectivity index (χ2n) is 3.41. The molecule has 0 radical (unpaired) electrons. The highest BCUT2D eigenvalue weighted by Crippen LogP contribution is 1.93. The lowest BCUT2D eigenvalue weighted by atomic mass is 10.2. The second kappa shape index (κ2) is 5.55. The van der Waals surface area contributed by atoms with E-state index in [0.29, 0.717) is 6.54 Å². The van der Waals surface area contributed by atoms with Crippen LogP contribution in [0.4, 0.5) is 0 Å². The highest BCUT2D eigenvalue weighted by molar-refractivity contribution is 5.80. The van der Waals surface area contributed by atoms with Crippen molar-refractivity contribution in [3.05, 3.63) is 0 Å². The molecule has 0 fully saturated rings.